The quantitative estimate of drug-likeness (QED) is 0.625. The minimum absolute atomic E-state index is 0.226. The molecule has 0 fully saturated rings. The van der Waals surface area contributed by atoms with Gasteiger partial charge in [0.2, 0.25) is 5.89 Å². The summed E-state index contributed by atoms with van der Waals surface area (Å²) in [4.78, 5) is 24.5. The fourth-order valence-electron chi connectivity index (χ4n) is 2.32. The average molecular weight is 316 g/mol. The maximum absolute atomic E-state index is 12.2. The largest absolute Gasteiger partial charge is 0.436 e. The summed E-state index contributed by atoms with van der Waals surface area (Å²) >= 11 is 0. The summed E-state index contributed by atoms with van der Waals surface area (Å²) in [7, 11) is 0. The first-order valence-electron chi connectivity index (χ1n) is 7.32. The van der Waals surface area contributed by atoms with Crippen LogP contribution in [0.3, 0.4) is 0 Å². The van der Waals surface area contributed by atoms with Crippen molar-refractivity contribution in [3.63, 3.8) is 0 Å². The van der Waals surface area contributed by atoms with Crippen LogP contribution in [0.2, 0.25) is 0 Å². The number of hydrogen-bond donors (Lipinski definition) is 1. The molecule has 6 heteroatoms. The lowest BCUT2D eigenvalue weighted by Crippen LogP contribution is -2.11. The molecule has 1 aromatic carbocycles. The van der Waals surface area contributed by atoms with Crippen molar-refractivity contribution in [1.82, 2.24) is 15.0 Å². The molecule has 0 unspecified atom stereocenters. The number of fused-ring (bicyclic) bond motifs is 1. The SMILES string of the molecule is O=C(Nc1ccc2nc(-c3ccncc3)oc2c1)c1cccnc1. The third-order valence-electron chi connectivity index (χ3n) is 3.50. The summed E-state index contributed by atoms with van der Waals surface area (Å²) in [5, 5.41) is 2.82. The van der Waals surface area contributed by atoms with E-state index in [1.54, 1.807) is 42.9 Å². The van der Waals surface area contributed by atoms with Gasteiger partial charge in [0.05, 0.1) is 5.56 Å². The van der Waals surface area contributed by atoms with Crippen LogP contribution in [0.4, 0.5) is 5.69 Å². The topological polar surface area (TPSA) is 80.9 Å². The van der Waals surface area contributed by atoms with E-state index in [1.165, 1.54) is 6.20 Å². The number of nitrogens with zero attached hydrogens (tertiary/aromatic N) is 3. The van der Waals surface area contributed by atoms with Crippen molar-refractivity contribution >= 4 is 22.7 Å². The number of carbonyl (C=O) groups excluding carboxylic acids is 1. The first kappa shape index (κ1) is 14.1. The van der Waals surface area contributed by atoms with Crippen molar-refractivity contribution in [1.29, 1.82) is 0 Å². The monoisotopic (exact) mass is 316 g/mol. The summed E-state index contributed by atoms with van der Waals surface area (Å²) < 4.78 is 5.78. The Hall–Kier alpha value is -3.54. The number of nitrogens with one attached hydrogen (secondary N) is 1. The Morgan fingerprint density at radius 3 is 2.67 bits per heavy atom. The fraction of sp³-hybridized carbons (Fsp3) is 0. The Labute approximate surface area is 137 Å². The zero-order chi connectivity index (χ0) is 16.4. The normalized spacial score (nSPS) is 10.7. The lowest BCUT2D eigenvalue weighted by atomic mass is 10.2. The second-order valence-corrected chi connectivity index (χ2v) is 5.13. The standard InChI is InChI=1S/C18H12N4O2/c23-17(13-2-1-7-20-11-13)21-14-3-4-15-16(10-14)24-18(22-15)12-5-8-19-9-6-12/h1-11H,(H,21,23). The zero-order valence-corrected chi connectivity index (χ0v) is 12.5. The molecule has 0 aliphatic rings. The van der Waals surface area contributed by atoms with Crippen LogP contribution in [0.1, 0.15) is 10.4 Å². The molecule has 3 heterocycles. The Bertz CT molecular complexity index is 997. The van der Waals surface area contributed by atoms with E-state index >= 15 is 0 Å². The molecular weight excluding hydrogens is 304 g/mol. The van der Waals surface area contributed by atoms with Gasteiger partial charge in [-0.25, -0.2) is 4.98 Å². The van der Waals surface area contributed by atoms with Crippen LogP contribution in [0, 0.1) is 0 Å². The molecule has 0 atom stereocenters. The summed E-state index contributed by atoms with van der Waals surface area (Å²) in [5.74, 6) is 0.291. The Morgan fingerprint density at radius 1 is 1.00 bits per heavy atom. The van der Waals surface area contributed by atoms with Crippen LogP contribution in [-0.2, 0) is 0 Å². The van der Waals surface area contributed by atoms with Gasteiger partial charge in [-0.05, 0) is 36.4 Å². The van der Waals surface area contributed by atoms with Crippen molar-refractivity contribution in [2.45, 2.75) is 0 Å². The molecule has 3 aromatic heterocycles. The van der Waals surface area contributed by atoms with Crippen LogP contribution in [0.25, 0.3) is 22.6 Å². The molecule has 0 spiro atoms. The number of benzene rings is 1. The number of anilines is 1. The molecule has 0 aliphatic heterocycles. The molecule has 4 rings (SSSR count). The van der Waals surface area contributed by atoms with Crippen LogP contribution in [0.15, 0.2) is 71.7 Å². The lowest BCUT2D eigenvalue weighted by Gasteiger charge is -2.04. The van der Waals surface area contributed by atoms with Crippen LogP contribution in [0.5, 0.6) is 0 Å². The van der Waals surface area contributed by atoms with E-state index in [4.69, 9.17) is 4.42 Å². The first-order valence-corrected chi connectivity index (χ1v) is 7.32. The van der Waals surface area contributed by atoms with E-state index in [2.05, 4.69) is 20.3 Å². The third kappa shape index (κ3) is 2.72. The molecule has 0 saturated heterocycles. The molecule has 116 valence electrons. The van der Waals surface area contributed by atoms with Gasteiger partial charge >= 0.3 is 0 Å². The van der Waals surface area contributed by atoms with Gasteiger partial charge in [0, 0.05) is 42.1 Å². The molecule has 24 heavy (non-hydrogen) atoms. The highest BCUT2D eigenvalue weighted by atomic mass is 16.3. The van der Waals surface area contributed by atoms with Crippen molar-refractivity contribution in [2.24, 2.45) is 0 Å². The van der Waals surface area contributed by atoms with Gasteiger partial charge < -0.3 is 9.73 Å². The first-order chi connectivity index (χ1) is 11.8. The van der Waals surface area contributed by atoms with Crippen LogP contribution >= 0.6 is 0 Å². The minimum Gasteiger partial charge on any atom is -0.436 e. The minimum atomic E-state index is -0.226. The summed E-state index contributed by atoms with van der Waals surface area (Å²) in [5.41, 5.74) is 3.30. The average Bonchev–Trinajstić information content (AvgIpc) is 3.06. The van der Waals surface area contributed by atoms with Gasteiger partial charge in [-0.3, -0.25) is 14.8 Å². The zero-order valence-electron chi connectivity index (χ0n) is 12.5. The number of amides is 1. The predicted molar refractivity (Wildman–Crippen MR) is 89.4 cm³/mol. The Morgan fingerprint density at radius 2 is 1.88 bits per heavy atom. The summed E-state index contributed by atoms with van der Waals surface area (Å²) in [6, 6.07) is 12.4. The van der Waals surface area contributed by atoms with Crippen molar-refractivity contribution in [2.75, 3.05) is 5.32 Å². The molecule has 1 N–H and O–H groups in total. The number of aromatic nitrogens is 3. The van der Waals surface area contributed by atoms with Gasteiger partial charge in [0.1, 0.15) is 5.52 Å². The van der Waals surface area contributed by atoms with Gasteiger partial charge in [-0.1, -0.05) is 0 Å². The molecule has 0 aliphatic carbocycles. The second-order valence-electron chi connectivity index (χ2n) is 5.13. The van der Waals surface area contributed by atoms with Crippen molar-refractivity contribution < 1.29 is 9.21 Å². The van der Waals surface area contributed by atoms with Crippen LogP contribution in [-0.4, -0.2) is 20.9 Å². The molecule has 4 aromatic rings. The number of hydrogen-bond acceptors (Lipinski definition) is 5. The van der Waals surface area contributed by atoms with Gasteiger partial charge in [-0.15, -0.1) is 0 Å². The number of pyridine rings is 2. The number of rotatable bonds is 3. The van der Waals surface area contributed by atoms with E-state index in [9.17, 15) is 4.79 Å². The molecule has 6 nitrogen and oxygen atoms in total. The molecule has 0 radical (unpaired) electrons. The Kier molecular flexibility index (Phi) is 3.47. The fourth-order valence-corrected chi connectivity index (χ4v) is 2.32. The highest BCUT2D eigenvalue weighted by molar-refractivity contribution is 6.04. The smallest absolute Gasteiger partial charge is 0.257 e. The summed E-state index contributed by atoms with van der Waals surface area (Å²) in [6.45, 7) is 0. The maximum atomic E-state index is 12.2. The third-order valence-corrected chi connectivity index (χ3v) is 3.50. The second kappa shape index (κ2) is 5.92. The van der Waals surface area contributed by atoms with E-state index in [0.29, 0.717) is 22.7 Å². The molecule has 0 saturated carbocycles. The van der Waals surface area contributed by atoms with Crippen LogP contribution < -0.4 is 5.32 Å². The predicted octanol–water partition coefficient (Wildman–Crippen LogP) is 3.54. The van der Waals surface area contributed by atoms with E-state index < -0.39 is 0 Å². The van der Waals surface area contributed by atoms with E-state index in [-0.39, 0.29) is 5.91 Å². The van der Waals surface area contributed by atoms with Crippen molar-refractivity contribution in [3.8, 4) is 11.5 Å². The maximum Gasteiger partial charge on any atom is 0.257 e. The van der Waals surface area contributed by atoms with Gasteiger partial charge in [0.15, 0.2) is 5.58 Å². The lowest BCUT2D eigenvalue weighted by molar-refractivity contribution is 0.102. The van der Waals surface area contributed by atoms with Gasteiger partial charge in [-0.2, -0.15) is 0 Å². The molecular formula is C18H12N4O2. The molecule has 1 amide bonds. The van der Waals surface area contributed by atoms with Gasteiger partial charge in [0.25, 0.3) is 5.91 Å². The molecule has 0 bridgehead atoms. The number of carbonyl (C=O) groups is 1. The van der Waals surface area contributed by atoms with Crippen molar-refractivity contribution in [3.05, 3.63) is 72.8 Å². The highest BCUT2D eigenvalue weighted by Crippen LogP contribution is 2.26. The number of oxazole rings is 1. The Balaban J connectivity index is 1.63. The van der Waals surface area contributed by atoms with E-state index in [1.807, 2.05) is 18.2 Å². The highest BCUT2D eigenvalue weighted by Gasteiger charge is 2.10. The summed E-state index contributed by atoms with van der Waals surface area (Å²) in [6.07, 6.45) is 6.51. The van der Waals surface area contributed by atoms with E-state index in [0.717, 1.165) is 11.1 Å².